The van der Waals surface area contributed by atoms with Crippen LogP contribution in [0.3, 0.4) is 0 Å². The first kappa shape index (κ1) is 65.0. The molecule has 1 unspecified atom stereocenters. The maximum absolute atomic E-state index is 16.0. The van der Waals surface area contributed by atoms with E-state index in [4.69, 9.17) is 33.2 Å². The van der Waals surface area contributed by atoms with Gasteiger partial charge in [-0.1, -0.05) is 114 Å². The molecule has 82 heavy (non-hydrogen) atoms. The molecule has 0 aromatic heterocycles. The van der Waals surface area contributed by atoms with Crippen molar-refractivity contribution >= 4 is 41.7 Å². The van der Waals surface area contributed by atoms with E-state index in [2.05, 4.69) is 60.8 Å². The zero-order valence-electron chi connectivity index (χ0n) is 49.9. The number of fused-ring (bicyclic) bond motifs is 5. The molecular formula is C65H89NO16. The van der Waals surface area contributed by atoms with Gasteiger partial charge in [-0.15, -0.1) is 0 Å². The molecule has 4 aliphatic carbocycles. The number of esters is 5. The molecule has 0 spiro atoms. The fourth-order valence-electron chi connectivity index (χ4n) is 12.0. The first-order valence-corrected chi connectivity index (χ1v) is 29.3. The Bertz CT molecular complexity index is 2640. The minimum Gasteiger partial charge on any atom is -0.455 e. The molecule has 1 aromatic rings. The second-order valence-electron chi connectivity index (χ2n) is 24.7. The number of unbranched alkanes of at least 4 members (excludes halogenated alkanes) is 1. The van der Waals surface area contributed by atoms with Crippen molar-refractivity contribution in [2.75, 3.05) is 6.61 Å². The third-order valence-electron chi connectivity index (χ3n) is 16.5. The predicted molar refractivity (Wildman–Crippen MR) is 306 cm³/mol. The van der Waals surface area contributed by atoms with Gasteiger partial charge in [-0.05, 0) is 128 Å². The van der Waals surface area contributed by atoms with Gasteiger partial charge in [-0.25, -0.2) is 14.4 Å². The lowest BCUT2D eigenvalue weighted by atomic mass is 9.44. The van der Waals surface area contributed by atoms with E-state index >= 15 is 9.59 Å². The van der Waals surface area contributed by atoms with Gasteiger partial charge in [0.2, 0.25) is 6.10 Å². The second kappa shape index (κ2) is 27.9. The number of alkyl carbamates (subject to hydrolysis) is 1. The van der Waals surface area contributed by atoms with Crippen molar-refractivity contribution in [1.29, 1.82) is 0 Å². The molecule has 2 bridgehead atoms. The minimum absolute atomic E-state index is 0.0217. The number of ether oxygens (including phenoxy) is 7. The lowest BCUT2D eigenvalue weighted by Gasteiger charge is -2.67. The smallest absolute Gasteiger partial charge is 0.408 e. The summed E-state index contributed by atoms with van der Waals surface area (Å²) in [5, 5.41) is 29.2. The molecule has 0 radical (unpaired) electrons. The van der Waals surface area contributed by atoms with Crippen molar-refractivity contribution in [2.24, 2.45) is 28.6 Å². The lowest BCUT2D eigenvalue weighted by molar-refractivity contribution is -0.346. The van der Waals surface area contributed by atoms with Crippen LogP contribution in [0.2, 0.25) is 0 Å². The van der Waals surface area contributed by atoms with Crippen LogP contribution in [0.25, 0.3) is 0 Å². The van der Waals surface area contributed by atoms with E-state index in [1.165, 1.54) is 26.0 Å². The molecule has 4 fully saturated rings. The zero-order valence-corrected chi connectivity index (χ0v) is 49.9. The summed E-state index contributed by atoms with van der Waals surface area (Å²) in [5.74, 6) is -7.44. The maximum atomic E-state index is 16.0. The number of Topliss-reactive ketones (excluding diaryl/α,β-unsaturated/α-hetero) is 1. The summed E-state index contributed by atoms with van der Waals surface area (Å²) in [6.07, 6.45) is 15.9. The van der Waals surface area contributed by atoms with Gasteiger partial charge in [-0.2, -0.15) is 0 Å². The Kier molecular flexibility index (Phi) is 22.1. The number of rotatable bonds is 25. The Balaban J connectivity index is 1.36. The maximum Gasteiger partial charge on any atom is 0.408 e. The number of aliphatic hydroxyl groups excluding tert-OH is 1. The molecule has 1 aliphatic heterocycles. The van der Waals surface area contributed by atoms with E-state index in [0.29, 0.717) is 32.1 Å². The van der Waals surface area contributed by atoms with Gasteiger partial charge in [0.25, 0.3) is 0 Å². The molecule has 450 valence electrons. The number of hydrogen-bond acceptors (Lipinski definition) is 16. The van der Waals surface area contributed by atoms with E-state index in [0.717, 1.165) is 25.7 Å². The standard InChI is InChI=1S/C65H89NO16/c1-12-13-14-15-16-17-18-19-20-21-22-23-24-25-26-27-31-34-50(69)78-52(46(37-41(2)3)66-60(74)82-61(6,7)8)59(73)77-47-39-65(75)56(80-58(72)44-32-29-28-30-33-44)54-63(11,48(68)38-49-64(54,40-76-49)81-43(5)67)55(70)53(79-57(71)45-35-36-45)51(42(47)4)62(65,9)10/h13-14,16-17,19-20,22-23,25-26,28-30,32-33,41,45-49,52-54,56,68,75H,12,15,18,21,24,27,31,34-40H2,1-11H3,(H,66,74)/b14-13-,17-16-,20-19-,23-22-,26-25-/t46-,47-,48-,49+,52+,53+,54?,56-,63+,64-,65+/m0/s1. The Morgan fingerprint density at radius 3 is 1.99 bits per heavy atom. The van der Waals surface area contributed by atoms with E-state index in [1.54, 1.807) is 59.7 Å². The van der Waals surface area contributed by atoms with Crippen LogP contribution >= 0.6 is 0 Å². The summed E-state index contributed by atoms with van der Waals surface area (Å²) in [6, 6.07) is 6.70. The summed E-state index contributed by atoms with van der Waals surface area (Å²) >= 11 is 0. The van der Waals surface area contributed by atoms with Gasteiger partial charge in [0.05, 0.1) is 41.6 Å². The molecule has 1 aromatic carbocycles. The summed E-state index contributed by atoms with van der Waals surface area (Å²) in [5.41, 5.74) is -8.68. The Morgan fingerprint density at radius 2 is 1.45 bits per heavy atom. The zero-order chi connectivity index (χ0) is 60.2. The van der Waals surface area contributed by atoms with Crippen LogP contribution in [0.5, 0.6) is 0 Å². The monoisotopic (exact) mass is 1140 g/mol. The van der Waals surface area contributed by atoms with Crippen molar-refractivity contribution in [2.45, 2.75) is 219 Å². The summed E-state index contributed by atoms with van der Waals surface area (Å²) in [7, 11) is 0. The van der Waals surface area contributed by atoms with Crippen LogP contribution in [-0.2, 0) is 57.1 Å². The molecule has 1 saturated heterocycles. The molecule has 11 atom stereocenters. The number of nitrogens with one attached hydrogen (secondary N) is 1. The summed E-state index contributed by atoms with van der Waals surface area (Å²) in [4.78, 5) is 101. The van der Waals surface area contributed by atoms with E-state index in [1.807, 2.05) is 26.0 Å². The molecule has 3 N–H and O–H groups in total. The second-order valence-corrected chi connectivity index (χ2v) is 24.7. The third kappa shape index (κ3) is 15.3. The van der Waals surface area contributed by atoms with Crippen LogP contribution in [0, 0.1) is 28.6 Å². The van der Waals surface area contributed by atoms with Crippen molar-refractivity contribution in [1.82, 2.24) is 5.32 Å². The molecule has 17 nitrogen and oxygen atoms in total. The largest absolute Gasteiger partial charge is 0.455 e. The van der Waals surface area contributed by atoms with Gasteiger partial charge in [0, 0.05) is 31.6 Å². The number of hydrogen-bond donors (Lipinski definition) is 3. The highest BCUT2D eigenvalue weighted by Gasteiger charge is 2.78. The van der Waals surface area contributed by atoms with Crippen LogP contribution in [0.15, 0.2) is 102 Å². The highest BCUT2D eigenvalue weighted by molar-refractivity contribution is 5.96. The number of allylic oxidation sites excluding steroid dienone is 10. The van der Waals surface area contributed by atoms with Gasteiger partial charge < -0.3 is 48.7 Å². The minimum atomic E-state index is -2.43. The Hall–Kier alpha value is -6.17. The molecule has 3 saturated carbocycles. The van der Waals surface area contributed by atoms with E-state index in [-0.39, 0.29) is 48.5 Å². The van der Waals surface area contributed by atoms with Crippen molar-refractivity contribution in [3.63, 3.8) is 0 Å². The first-order valence-electron chi connectivity index (χ1n) is 29.3. The fraction of sp³-hybridized carbons (Fsp3) is 0.615. The Morgan fingerprint density at radius 1 is 0.854 bits per heavy atom. The van der Waals surface area contributed by atoms with Crippen molar-refractivity contribution in [3.8, 4) is 0 Å². The number of carbonyl (C=O) groups is 7. The van der Waals surface area contributed by atoms with Gasteiger partial charge >= 0.3 is 35.9 Å². The van der Waals surface area contributed by atoms with Crippen molar-refractivity contribution in [3.05, 3.63) is 108 Å². The van der Waals surface area contributed by atoms with E-state index < -0.39 is 130 Å². The molecular weight excluding hydrogens is 1050 g/mol. The van der Waals surface area contributed by atoms with Crippen LogP contribution in [0.1, 0.15) is 170 Å². The first-order chi connectivity index (χ1) is 38.7. The lowest BCUT2D eigenvalue weighted by Crippen LogP contribution is -2.82. The molecule has 1 amide bonds. The summed E-state index contributed by atoms with van der Waals surface area (Å²) < 4.78 is 43.1. The number of ketones is 1. The topological polar surface area (TPSA) is 237 Å². The molecule has 1 heterocycles. The number of benzene rings is 1. The van der Waals surface area contributed by atoms with Crippen LogP contribution in [-0.4, -0.2) is 118 Å². The molecule has 17 heteroatoms. The number of carbonyl (C=O) groups excluding carboxylic acids is 7. The number of amides is 1. The Labute approximate surface area is 484 Å². The van der Waals surface area contributed by atoms with Crippen molar-refractivity contribution < 1.29 is 76.9 Å². The number of aliphatic hydroxyl groups is 2. The third-order valence-corrected chi connectivity index (χ3v) is 16.5. The van der Waals surface area contributed by atoms with Gasteiger partial charge in [0.1, 0.15) is 29.5 Å². The fourth-order valence-corrected chi connectivity index (χ4v) is 12.0. The molecule has 6 rings (SSSR count). The summed E-state index contributed by atoms with van der Waals surface area (Å²) in [6.45, 7) is 17.9. The highest BCUT2D eigenvalue weighted by Crippen LogP contribution is 2.64. The van der Waals surface area contributed by atoms with E-state index in [9.17, 15) is 34.2 Å². The van der Waals surface area contributed by atoms with Gasteiger partial charge in [0.15, 0.2) is 17.5 Å². The highest BCUT2D eigenvalue weighted by atomic mass is 16.6. The van der Waals surface area contributed by atoms with Gasteiger partial charge in [-0.3, -0.25) is 19.2 Å². The average Bonchev–Trinajstić information content (AvgIpc) is 0.962. The van der Waals surface area contributed by atoms with Crippen LogP contribution < -0.4 is 5.32 Å². The normalized spacial score (nSPS) is 28.7. The predicted octanol–water partition coefficient (Wildman–Crippen LogP) is 10.4. The quantitative estimate of drug-likeness (QED) is 0.0357. The molecule has 5 aliphatic rings. The SMILES string of the molecule is CC/C=C\C/C=C\C/C=C\C/C=C\C/C=C\CCCC(=O)O[C@@H](C(=O)O[C@H]1C[C@@]2(O)[C@@H](OC(=O)c3ccccc3)C3[C@](C)(C(=O)[C@H](OC(=O)C4CC4)C(=C1C)C2(C)C)[C@@H](O)C[C@H]1OC[C@@]31OC(C)=O)[C@H](CC(C)C)NC(=O)OC(C)(C)C. The average molecular weight is 1140 g/mol. The van der Waals surface area contributed by atoms with Crippen LogP contribution in [0.4, 0.5) is 4.79 Å².